The average molecular weight is 287 g/mol. The number of nitrogens with zero attached hydrogens (tertiary/aromatic N) is 1. The third-order valence-corrected chi connectivity index (χ3v) is 3.02. The summed E-state index contributed by atoms with van der Waals surface area (Å²) in [5.74, 6) is 0. The molecule has 0 unspecified atom stereocenters. The molecule has 0 spiro atoms. The molecule has 0 bridgehead atoms. The summed E-state index contributed by atoms with van der Waals surface area (Å²) in [6.45, 7) is 0. The molecule has 2 aromatic rings. The molecule has 86 valence electrons. The van der Waals surface area contributed by atoms with E-state index in [1.807, 2.05) is 0 Å². The molecule has 0 aliphatic rings. The molecule has 1 heterocycles. The van der Waals surface area contributed by atoms with Crippen LogP contribution in [-0.2, 0) is 0 Å². The monoisotopic (exact) mass is 285 g/mol. The molecule has 2 nitrogen and oxygen atoms in total. The second kappa shape index (κ2) is 5.05. The summed E-state index contributed by atoms with van der Waals surface area (Å²) in [6, 6.07) is 6.55. The summed E-state index contributed by atoms with van der Waals surface area (Å²) in [6.07, 6.45) is 2.22. The van der Waals surface area contributed by atoms with Crippen molar-refractivity contribution in [2.45, 2.75) is 0 Å². The minimum Gasteiger partial charge on any atom is -0.296 e. The summed E-state index contributed by atoms with van der Waals surface area (Å²) in [5, 5.41) is 1.37. The van der Waals surface area contributed by atoms with Crippen LogP contribution in [0, 0.1) is 0 Å². The number of hydrogen-bond acceptors (Lipinski definition) is 2. The smallest absolute Gasteiger partial charge is 0.168 e. The number of carbonyl (C=O) groups excluding carboxylic acids is 1. The average Bonchev–Trinajstić information content (AvgIpc) is 2.28. The molecule has 0 aliphatic heterocycles. The van der Waals surface area contributed by atoms with Crippen LogP contribution in [0.15, 0.2) is 30.5 Å². The van der Waals surface area contributed by atoms with Crippen molar-refractivity contribution in [2.75, 3.05) is 0 Å². The molecule has 0 amide bonds. The lowest BCUT2D eigenvalue weighted by atomic mass is 10.1. The second-order valence-corrected chi connectivity index (χ2v) is 4.58. The molecule has 0 fully saturated rings. The minimum atomic E-state index is 0.356. The highest BCUT2D eigenvalue weighted by Gasteiger charge is 2.10. The van der Waals surface area contributed by atoms with E-state index >= 15 is 0 Å². The molecule has 0 N–H and O–H groups in total. The van der Waals surface area contributed by atoms with Crippen LogP contribution in [0.1, 0.15) is 10.5 Å². The van der Waals surface area contributed by atoms with Crippen molar-refractivity contribution in [3.05, 3.63) is 51.2 Å². The zero-order chi connectivity index (χ0) is 12.4. The number of pyridine rings is 1. The van der Waals surface area contributed by atoms with Gasteiger partial charge in [-0.25, -0.2) is 0 Å². The van der Waals surface area contributed by atoms with Gasteiger partial charge in [-0.1, -0.05) is 40.9 Å². The van der Waals surface area contributed by atoms with Gasteiger partial charge in [0.15, 0.2) is 6.29 Å². The number of carbonyl (C=O) groups is 1. The van der Waals surface area contributed by atoms with Crippen molar-refractivity contribution in [3.8, 4) is 11.1 Å². The third kappa shape index (κ3) is 2.60. The van der Waals surface area contributed by atoms with Crippen molar-refractivity contribution in [3.63, 3.8) is 0 Å². The maximum Gasteiger partial charge on any atom is 0.168 e. The molecular formula is C12H6Cl3NO. The molecule has 1 aromatic carbocycles. The highest BCUT2D eigenvalue weighted by molar-refractivity contribution is 6.41. The Morgan fingerprint density at radius 3 is 2.18 bits per heavy atom. The second-order valence-electron chi connectivity index (χ2n) is 3.33. The van der Waals surface area contributed by atoms with Crippen LogP contribution in [0.2, 0.25) is 15.1 Å². The first kappa shape index (κ1) is 12.4. The van der Waals surface area contributed by atoms with Crippen molar-refractivity contribution in [1.29, 1.82) is 0 Å². The summed E-state index contributed by atoms with van der Waals surface area (Å²) in [7, 11) is 0. The van der Waals surface area contributed by atoms with E-state index < -0.39 is 0 Å². The Balaban J connectivity index is 2.56. The van der Waals surface area contributed by atoms with Gasteiger partial charge in [-0.15, -0.1) is 0 Å². The van der Waals surface area contributed by atoms with Gasteiger partial charge in [0.25, 0.3) is 0 Å². The van der Waals surface area contributed by atoms with Crippen LogP contribution in [0.5, 0.6) is 0 Å². The molecule has 5 heteroatoms. The number of rotatable bonds is 2. The van der Waals surface area contributed by atoms with Crippen LogP contribution < -0.4 is 0 Å². The lowest BCUT2D eigenvalue weighted by molar-refractivity contribution is 0.111. The normalized spacial score (nSPS) is 10.3. The first-order chi connectivity index (χ1) is 8.11. The van der Waals surface area contributed by atoms with E-state index in [9.17, 15) is 4.79 Å². The fraction of sp³-hybridized carbons (Fsp3) is 0. The zero-order valence-electron chi connectivity index (χ0n) is 8.45. The van der Waals surface area contributed by atoms with Gasteiger partial charge in [-0.05, 0) is 18.2 Å². The van der Waals surface area contributed by atoms with Crippen LogP contribution in [0.4, 0.5) is 0 Å². The highest BCUT2D eigenvalue weighted by atomic mass is 35.5. The van der Waals surface area contributed by atoms with Crippen molar-refractivity contribution >= 4 is 41.1 Å². The lowest BCUT2D eigenvalue weighted by Gasteiger charge is -2.07. The van der Waals surface area contributed by atoms with Gasteiger partial charge in [0, 0.05) is 22.3 Å². The Bertz CT molecular complexity index is 543. The third-order valence-electron chi connectivity index (χ3n) is 2.20. The van der Waals surface area contributed by atoms with Crippen LogP contribution >= 0.6 is 34.8 Å². The van der Waals surface area contributed by atoms with E-state index in [1.165, 1.54) is 0 Å². The first-order valence-corrected chi connectivity index (χ1v) is 5.81. The van der Waals surface area contributed by atoms with E-state index in [0.717, 1.165) is 5.56 Å². The number of benzene rings is 1. The Morgan fingerprint density at radius 1 is 1.06 bits per heavy atom. The van der Waals surface area contributed by atoms with E-state index in [4.69, 9.17) is 34.8 Å². The Kier molecular flexibility index (Phi) is 3.67. The number of halogens is 3. The molecule has 0 radical (unpaired) electrons. The van der Waals surface area contributed by atoms with Gasteiger partial charge in [-0.3, -0.25) is 9.78 Å². The SMILES string of the molecule is O=Cc1ccc(-c2c(Cl)cc(Cl)cc2Cl)cn1. The van der Waals surface area contributed by atoms with Crippen LogP contribution in [-0.4, -0.2) is 11.3 Å². The Morgan fingerprint density at radius 2 is 1.71 bits per heavy atom. The summed E-state index contributed by atoms with van der Waals surface area (Å²) < 4.78 is 0. The van der Waals surface area contributed by atoms with Gasteiger partial charge in [0.05, 0.1) is 10.0 Å². The summed E-state index contributed by atoms with van der Waals surface area (Å²) in [4.78, 5) is 14.5. The van der Waals surface area contributed by atoms with Crippen molar-refractivity contribution in [2.24, 2.45) is 0 Å². The zero-order valence-corrected chi connectivity index (χ0v) is 10.7. The predicted octanol–water partition coefficient (Wildman–Crippen LogP) is 4.52. The van der Waals surface area contributed by atoms with Gasteiger partial charge < -0.3 is 0 Å². The topological polar surface area (TPSA) is 30.0 Å². The highest BCUT2D eigenvalue weighted by Crippen LogP contribution is 2.36. The molecule has 0 saturated heterocycles. The molecule has 0 atom stereocenters. The minimum absolute atomic E-state index is 0.356. The number of aromatic nitrogens is 1. The summed E-state index contributed by atoms with van der Waals surface area (Å²) >= 11 is 18.0. The molecule has 1 aromatic heterocycles. The van der Waals surface area contributed by atoms with E-state index in [-0.39, 0.29) is 0 Å². The largest absolute Gasteiger partial charge is 0.296 e. The maximum absolute atomic E-state index is 10.5. The van der Waals surface area contributed by atoms with Gasteiger partial charge >= 0.3 is 0 Å². The quantitative estimate of drug-likeness (QED) is 0.760. The Hall–Kier alpha value is -1.09. The van der Waals surface area contributed by atoms with Gasteiger partial charge in [0.2, 0.25) is 0 Å². The van der Waals surface area contributed by atoms with Gasteiger partial charge in [-0.2, -0.15) is 0 Å². The molecule has 0 aliphatic carbocycles. The lowest BCUT2D eigenvalue weighted by Crippen LogP contribution is -1.88. The Labute approximate surface area is 113 Å². The molecular weight excluding hydrogens is 280 g/mol. The molecule has 17 heavy (non-hydrogen) atoms. The van der Waals surface area contributed by atoms with Crippen LogP contribution in [0.3, 0.4) is 0 Å². The summed E-state index contributed by atoms with van der Waals surface area (Å²) in [5.41, 5.74) is 1.75. The number of aldehydes is 1. The first-order valence-electron chi connectivity index (χ1n) is 4.68. The number of hydrogen-bond donors (Lipinski definition) is 0. The maximum atomic E-state index is 10.5. The fourth-order valence-electron chi connectivity index (χ4n) is 1.44. The van der Waals surface area contributed by atoms with E-state index in [2.05, 4.69) is 4.98 Å². The van der Waals surface area contributed by atoms with E-state index in [0.29, 0.717) is 32.6 Å². The fourth-order valence-corrected chi connectivity index (χ4v) is 2.48. The molecule has 2 rings (SSSR count). The van der Waals surface area contributed by atoms with Crippen molar-refractivity contribution in [1.82, 2.24) is 4.98 Å². The standard InChI is InChI=1S/C12H6Cl3NO/c13-8-3-10(14)12(11(15)4-8)7-1-2-9(6-17)16-5-7/h1-6H. The predicted molar refractivity (Wildman–Crippen MR) is 70.1 cm³/mol. The van der Waals surface area contributed by atoms with Crippen molar-refractivity contribution < 1.29 is 4.79 Å². The van der Waals surface area contributed by atoms with Crippen LogP contribution in [0.25, 0.3) is 11.1 Å². The van der Waals surface area contributed by atoms with E-state index in [1.54, 1.807) is 30.5 Å². The molecule has 0 saturated carbocycles. The van der Waals surface area contributed by atoms with Gasteiger partial charge in [0.1, 0.15) is 5.69 Å².